The molecule has 6 unspecified atom stereocenters. The van der Waals surface area contributed by atoms with E-state index in [0.29, 0.717) is 13.0 Å². The molecule has 1 aliphatic rings. The van der Waals surface area contributed by atoms with Crippen molar-refractivity contribution in [1.82, 2.24) is 0 Å². The van der Waals surface area contributed by atoms with E-state index in [-0.39, 0.29) is 19.2 Å². The Morgan fingerprint density at radius 2 is 1.06 bits per heavy atom. The first kappa shape index (κ1) is 48.7. The van der Waals surface area contributed by atoms with Crippen LogP contribution in [0.4, 0.5) is 0 Å². The lowest BCUT2D eigenvalue weighted by molar-refractivity contribution is -0.305. The summed E-state index contributed by atoms with van der Waals surface area (Å²) in [5.41, 5.74) is 0. The lowest BCUT2D eigenvalue weighted by atomic mass is 9.99. The van der Waals surface area contributed by atoms with Crippen LogP contribution in [-0.2, 0) is 23.7 Å². The molecule has 1 saturated heterocycles. The summed E-state index contributed by atoms with van der Waals surface area (Å²) in [5.74, 6) is -0.324. The second-order valence-electron chi connectivity index (χ2n) is 14.8. The third kappa shape index (κ3) is 26.4. The molecule has 0 bridgehead atoms. The maximum Gasteiger partial charge on any atom is 0.306 e. The molecule has 0 aromatic rings. The van der Waals surface area contributed by atoms with Crippen molar-refractivity contribution >= 4 is 5.97 Å². The number of rotatable bonds is 36. The predicted molar refractivity (Wildman–Crippen MR) is 210 cm³/mol. The summed E-state index contributed by atoms with van der Waals surface area (Å²) in [6.07, 6.45) is 32.0. The van der Waals surface area contributed by atoms with Crippen LogP contribution >= 0.6 is 0 Å². The summed E-state index contributed by atoms with van der Waals surface area (Å²) in [4.78, 5) is 12.7. The van der Waals surface area contributed by atoms with Crippen LogP contribution in [0.3, 0.4) is 0 Å². The van der Waals surface area contributed by atoms with Gasteiger partial charge in [0.2, 0.25) is 0 Å². The molecule has 0 aliphatic carbocycles. The van der Waals surface area contributed by atoms with E-state index in [1.54, 1.807) is 0 Å². The predicted octanol–water partition coefficient (Wildman–Crippen LogP) is 9.03. The van der Waals surface area contributed by atoms with Crippen LogP contribution in [0, 0.1) is 0 Å². The highest BCUT2D eigenvalue weighted by Gasteiger charge is 2.44. The molecule has 0 radical (unpaired) electrons. The van der Waals surface area contributed by atoms with Crippen LogP contribution in [-0.4, -0.2) is 89.6 Å². The largest absolute Gasteiger partial charge is 0.457 e. The van der Waals surface area contributed by atoms with Crippen molar-refractivity contribution in [3.63, 3.8) is 0 Å². The topological polar surface area (TPSA) is 135 Å². The summed E-state index contributed by atoms with van der Waals surface area (Å²) < 4.78 is 22.8. The number of hydrogen-bond donors (Lipinski definition) is 4. The van der Waals surface area contributed by atoms with Gasteiger partial charge in [-0.3, -0.25) is 4.79 Å². The third-order valence-electron chi connectivity index (χ3n) is 9.84. The van der Waals surface area contributed by atoms with E-state index >= 15 is 0 Å². The summed E-state index contributed by atoms with van der Waals surface area (Å²) in [7, 11) is 0. The van der Waals surface area contributed by atoms with Crippen molar-refractivity contribution in [2.24, 2.45) is 0 Å². The third-order valence-corrected chi connectivity index (χ3v) is 9.84. The van der Waals surface area contributed by atoms with Gasteiger partial charge in [0, 0.05) is 13.0 Å². The molecule has 9 heteroatoms. The molecular formula is C43H80O9. The van der Waals surface area contributed by atoms with Crippen LogP contribution in [0.2, 0.25) is 0 Å². The van der Waals surface area contributed by atoms with Crippen molar-refractivity contribution in [2.45, 2.75) is 218 Å². The van der Waals surface area contributed by atoms with Gasteiger partial charge in [0.15, 0.2) is 6.29 Å². The first-order valence-electron chi connectivity index (χ1n) is 21.4. The average molecular weight is 741 g/mol. The highest BCUT2D eigenvalue weighted by atomic mass is 16.7. The Hall–Kier alpha value is -1.33. The monoisotopic (exact) mass is 741 g/mol. The highest BCUT2D eigenvalue weighted by Crippen LogP contribution is 2.22. The van der Waals surface area contributed by atoms with Gasteiger partial charge < -0.3 is 39.4 Å². The number of aliphatic hydroxyl groups excluding tert-OH is 4. The minimum Gasteiger partial charge on any atom is -0.457 e. The molecule has 0 aromatic carbocycles. The van der Waals surface area contributed by atoms with Gasteiger partial charge >= 0.3 is 5.97 Å². The summed E-state index contributed by atoms with van der Waals surface area (Å²) >= 11 is 0. The molecule has 52 heavy (non-hydrogen) atoms. The highest BCUT2D eigenvalue weighted by molar-refractivity contribution is 5.69. The second-order valence-corrected chi connectivity index (χ2v) is 14.8. The number of carbonyl (C=O) groups excluding carboxylic acids is 1. The van der Waals surface area contributed by atoms with E-state index in [2.05, 4.69) is 38.2 Å². The summed E-state index contributed by atoms with van der Waals surface area (Å²) in [5, 5.41) is 40.0. The van der Waals surface area contributed by atoms with E-state index in [4.69, 9.17) is 18.9 Å². The molecule has 9 nitrogen and oxygen atoms in total. The van der Waals surface area contributed by atoms with Gasteiger partial charge in [-0.05, 0) is 64.2 Å². The fourth-order valence-electron chi connectivity index (χ4n) is 6.42. The van der Waals surface area contributed by atoms with Crippen molar-refractivity contribution in [2.75, 3.05) is 26.4 Å². The van der Waals surface area contributed by atoms with Gasteiger partial charge in [-0.2, -0.15) is 0 Å². The maximum atomic E-state index is 12.7. The van der Waals surface area contributed by atoms with Crippen LogP contribution in [0.1, 0.15) is 181 Å². The molecule has 0 spiro atoms. The van der Waals surface area contributed by atoms with Crippen molar-refractivity contribution in [3.8, 4) is 0 Å². The van der Waals surface area contributed by atoms with E-state index in [9.17, 15) is 25.2 Å². The number of unbranched alkanes of at least 4 members (excludes halogenated alkanes) is 21. The van der Waals surface area contributed by atoms with E-state index in [1.165, 1.54) is 116 Å². The summed E-state index contributed by atoms with van der Waals surface area (Å²) in [6.45, 7) is 4.52. The number of ether oxygens (including phenoxy) is 4. The van der Waals surface area contributed by atoms with Crippen molar-refractivity contribution in [3.05, 3.63) is 24.3 Å². The Balaban J connectivity index is 2.30. The molecule has 6 atom stereocenters. The first-order valence-corrected chi connectivity index (χ1v) is 21.4. The zero-order chi connectivity index (χ0) is 37.9. The van der Waals surface area contributed by atoms with Crippen LogP contribution in [0.15, 0.2) is 24.3 Å². The normalized spacial score (nSPS) is 21.4. The molecule has 0 aromatic heterocycles. The number of carbonyl (C=O) groups is 1. The Labute approximate surface area is 317 Å². The lowest BCUT2D eigenvalue weighted by Crippen LogP contribution is -2.59. The maximum absolute atomic E-state index is 12.7. The molecule has 0 saturated carbocycles. The number of allylic oxidation sites excluding steroid dienone is 4. The lowest BCUT2D eigenvalue weighted by Gasteiger charge is -2.39. The minimum atomic E-state index is -1.54. The SMILES string of the molecule is CCCCCC/C=C\CCCCCCCCOCC(COC1OC(CO)C(O)C(O)C1O)OC(=O)CCCCCCC/C=C\CCCCCCCC. The van der Waals surface area contributed by atoms with Crippen LogP contribution in [0.5, 0.6) is 0 Å². The van der Waals surface area contributed by atoms with E-state index < -0.39 is 43.4 Å². The number of aliphatic hydroxyl groups is 4. The standard InChI is InChI=1S/C43H80O9/c1-3-5-7-9-11-13-15-17-19-20-22-24-26-28-30-32-39(45)51-37(36-50-43-42(48)41(47)40(46)38(34-44)52-43)35-49-33-31-29-27-25-23-21-18-16-14-12-10-8-6-4-2/h14,16-17,19,37-38,40-44,46-48H,3-13,15,18,20-36H2,1-2H3/b16-14-,19-17-. The van der Waals surface area contributed by atoms with Gasteiger partial charge in [0.1, 0.15) is 30.5 Å². The molecule has 0 amide bonds. The Kier molecular flexibility index (Phi) is 33.1. The molecule has 1 rings (SSSR count). The smallest absolute Gasteiger partial charge is 0.306 e. The fraction of sp³-hybridized carbons (Fsp3) is 0.884. The number of esters is 1. The Bertz CT molecular complexity index is 848. The Morgan fingerprint density at radius 1 is 0.596 bits per heavy atom. The van der Waals surface area contributed by atoms with Crippen molar-refractivity contribution in [1.29, 1.82) is 0 Å². The van der Waals surface area contributed by atoms with Gasteiger partial charge in [-0.1, -0.05) is 134 Å². The average Bonchev–Trinajstić information content (AvgIpc) is 3.14. The Morgan fingerprint density at radius 3 is 1.58 bits per heavy atom. The number of hydrogen-bond acceptors (Lipinski definition) is 9. The molecule has 4 N–H and O–H groups in total. The van der Waals surface area contributed by atoms with Crippen molar-refractivity contribution < 1.29 is 44.2 Å². The van der Waals surface area contributed by atoms with Gasteiger partial charge in [0.25, 0.3) is 0 Å². The van der Waals surface area contributed by atoms with Crippen LogP contribution in [0.25, 0.3) is 0 Å². The summed E-state index contributed by atoms with van der Waals surface area (Å²) in [6, 6.07) is 0. The molecule has 306 valence electrons. The second kappa shape index (κ2) is 35.4. The van der Waals surface area contributed by atoms with Crippen LogP contribution < -0.4 is 0 Å². The molecule has 1 heterocycles. The molecule has 1 fully saturated rings. The van der Waals surface area contributed by atoms with Gasteiger partial charge in [-0.25, -0.2) is 0 Å². The molecule has 1 aliphatic heterocycles. The van der Waals surface area contributed by atoms with E-state index in [0.717, 1.165) is 44.9 Å². The zero-order valence-electron chi connectivity index (χ0n) is 33.3. The zero-order valence-corrected chi connectivity index (χ0v) is 33.3. The van der Waals surface area contributed by atoms with E-state index in [1.807, 2.05) is 0 Å². The minimum absolute atomic E-state index is 0.117. The van der Waals surface area contributed by atoms with Gasteiger partial charge in [0.05, 0.1) is 19.8 Å². The first-order chi connectivity index (χ1) is 25.4. The quantitative estimate of drug-likeness (QED) is 0.0282. The molecular weight excluding hydrogens is 660 g/mol. The fourth-order valence-corrected chi connectivity index (χ4v) is 6.42. The van der Waals surface area contributed by atoms with Gasteiger partial charge in [-0.15, -0.1) is 0 Å².